The van der Waals surface area contributed by atoms with Crippen LogP contribution >= 0.6 is 0 Å². The fourth-order valence-electron chi connectivity index (χ4n) is 2.69. The summed E-state index contributed by atoms with van der Waals surface area (Å²) in [5, 5.41) is 19.1. The van der Waals surface area contributed by atoms with Crippen LogP contribution in [0.5, 0.6) is 0 Å². The molecule has 3 rings (SSSR count). The van der Waals surface area contributed by atoms with Gasteiger partial charge in [-0.15, -0.1) is 0 Å². The van der Waals surface area contributed by atoms with Crippen LogP contribution in [0.15, 0.2) is 18.3 Å². The highest BCUT2D eigenvalue weighted by atomic mass is 19.1. The molecule has 0 saturated carbocycles. The van der Waals surface area contributed by atoms with E-state index in [2.05, 4.69) is 4.98 Å². The standard InChI is InChI=1S/C15H18FN3O3/c1-10-2-3-11-17-12(13(16)19(11)8-10)14(21)18-6-4-15(22,9-20)5-7-18/h2-3,8,20,22H,4-7,9H2,1H3. The topological polar surface area (TPSA) is 78.1 Å². The Balaban J connectivity index is 1.86. The number of hydrogen-bond acceptors (Lipinski definition) is 4. The second-order valence-corrected chi connectivity index (χ2v) is 5.86. The van der Waals surface area contributed by atoms with Crippen molar-refractivity contribution in [2.45, 2.75) is 25.4 Å². The van der Waals surface area contributed by atoms with Crippen LogP contribution in [0.4, 0.5) is 4.39 Å². The molecule has 22 heavy (non-hydrogen) atoms. The van der Waals surface area contributed by atoms with Crippen LogP contribution in [-0.2, 0) is 0 Å². The van der Waals surface area contributed by atoms with Crippen molar-refractivity contribution in [3.05, 3.63) is 35.5 Å². The molecular formula is C15H18FN3O3. The Bertz CT molecular complexity index is 720. The van der Waals surface area contributed by atoms with Gasteiger partial charge in [0.25, 0.3) is 5.91 Å². The molecule has 1 saturated heterocycles. The first kappa shape index (κ1) is 14.9. The molecule has 7 heteroatoms. The summed E-state index contributed by atoms with van der Waals surface area (Å²) >= 11 is 0. The summed E-state index contributed by atoms with van der Waals surface area (Å²) in [7, 11) is 0. The molecule has 0 aromatic carbocycles. The van der Waals surface area contributed by atoms with Crippen LogP contribution in [0.1, 0.15) is 28.9 Å². The largest absolute Gasteiger partial charge is 0.393 e. The number of hydrogen-bond donors (Lipinski definition) is 2. The summed E-state index contributed by atoms with van der Waals surface area (Å²) in [6.45, 7) is 2.03. The van der Waals surface area contributed by atoms with Crippen molar-refractivity contribution < 1.29 is 19.4 Å². The maximum absolute atomic E-state index is 14.4. The highest BCUT2D eigenvalue weighted by molar-refractivity contribution is 5.93. The number of rotatable bonds is 2. The van der Waals surface area contributed by atoms with Crippen molar-refractivity contribution in [3.63, 3.8) is 0 Å². The van der Waals surface area contributed by atoms with Gasteiger partial charge in [-0.1, -0.05) is 6.07 Å². The van der Waals surface area contributed by atoms with Crippen LogP contribution in [-0.4, -0.2) is 55.7 Å². The number of imidazole rings is 1. The number of fused-ring (bicyclic) bond motifs is 1. The lowest BCUT2D eigenvalue weighted by atomic mass is 9.92. The van der Waals surface area contributed by atoms with Crippen molar-refractivity contribution in [2.75, 3.05) is 19.7 Å². The quantitative estimate of drug-likeness (QED) is 0.858. The highest BCUT2D eigenvalue weighted by Crippen LogP contribution is 2.23. The van der Waals surface area contributed by atoms with Crippen molar-refractivity contribution >= 4 is 11.6 Å². The third-order valence-corrected chi connectivity index (χ3v) is 4.19. The van der Waals surface area contributed by atoms with Crippen LogP contribution in [0, 0.1) is 12.9 Å². The molecule has 1 fully saturated rings. The normalized spacial score (nSPS) is 17.9. The van der Waals surface area contributed by atoms with E-state index in [4.69, 9.17) is 5.11 Å². The predicted molar refractivity (Wildman–Crippen MR) is 77.1 cm³/mol. The van der Waals surface area contributed by atoms with Crippen molar-refractivity contribution in [3.8, 4) is 0 Å². The Morgan fingerprint density at radius 1 is 1.41 bits per heavy atom. The SMILES string of the molecule is Cc1ccc2nc(C(=O)N3CCC(O)(CO)CC3)c(F)n2c1. The number of halogens is 1. The van der Waals surface area contributed by atoms with Crippen LogP contribution in [0.3, 0.4) is 0 Å². The van der Waals surface area contributed by atoms with Crippen molar-refractivity contribution in [2.24, 2.45) is 0 Å². The van der Waals surface area contributed by atoms with Gasteiger partial charge in [0.2, 0.25) is 5.95 Å². The van der Waals surface area contributed by atoms with E-state index in [0.717, 1.165) is 5.56 Å². The zero-order valence-corrected chi connectivity index (χ0v) is 12.3. The lowest BCUT2D eigenvalue weighted by molar-refractivity contribution is -0.0547. The molecule has 0 unspecified atom stereocenters. The van der Waals surface area contributed by atoms with Gasteiger partial charge in [0, 0.05) is 19.3 Å². The Labute approximate surface area is 126 Å². The Morgan fingerprint density at radius 2 is 2.09 bits per heavy atom. The van der Waals surface area contributed by atoms with Crippen LogP contribution in [0.2, 0.25) is 0 Å². The molecule has 0 aliphatic carbocycles. The van der Waals surface area contributed by atoms with E-state index in [1.54, 1.807) is 18.3 Å². The van der Waals surface area contributed by atoms with Crippen LogP contribution in [0.25, 0.3) is 5.65 Å². The molecule has 2 aromatic heterocycles. The number of aromatic nitrogens is 2. The molecule has 0 spiro atoms. The number of nitrogens with zero attached hydrogens (tertiary/aromatic N) is 3. The number of aliphatic hydroxyl groups excluding tert-OH is 1. The summed E-state index contributed by atoms with van der Waals surface area (Å²) in [4.78, 5) is 18.0. The fourth-order valence-corrected chi connectivity index (χ4v) is 2.69. The highest BCUT2D eigenvalue weighted by Gasteiger charge is 2.35. The van der Waals surface area contributed by atoms with E-state index in [1.165, 1.54) is 9.30 Å². The molecule has 1 amide bonds. The summed E-state index contributed by atoms with van der Waals surface area (Å²) in [6.07, 6.45) is 2.13. The summed E-state index contributed by atoms with van der Waals surface area (Å²) in [6, 6.07) is 3.47. The first-order valence-corrected chi connectivity index (χ1v) is 7.20. The molecule has 1 aliphatic rings. The minimum absolute atomic E-state index is 0.208. The zero-order chi connectivity index (χ0) is 15.9. The zero-order valence-electron chi connectivity index (χ0n) is 12.3. The second-order valence-electron chi connectivity index (χ2n) is 5.86. The van der Waals surface area contributed by atoms with Gasteiger partial charge in [0.05, 0.1) is 12.2 Å². The number of pyridine rings is 1. The number of aliphatic hydroxyl groups is 2. The first-order chi connectivity index (χ1) is 10.4. The Kier molecular flexibility index (Phi) is 3.62. The third kappa shape index (κ3) is 2.46. The summed E-state index contributed by atoms with van der Waals surface area (Å²) < 4.78 is 15.7. The number of carbonyl (C=O) groups is 1. The molecule has 0 atom stereocenters. The van der Waals surface area contributed by atoms with E-state index in [0.29, 0.717) is 5.65 Å². The number of likely N-dealkylation sites (tertiary alicyclic amines) is 1. The second kappa shape index (κ2) is 5.33. The Hall–Kier alpha value is -1.99. The number of amides is 1. The van der Waals surface area contributed by atoms with E-state index >= 15 is 0 Å². The maximum Gasteiger partial charge on any atom is 0.277 e. The molecule has 3 heterocycles. The van der Waals surface area contributed by atoms with Gasteiger partial charge in [0.1, 0.15) is 5.65 Å². The van der Waals surface area contributed by atoms with Gasteiger partial charge < -0.3 is 15.1 Å². The Morgan fingerprint density at radius 3 is 2.73 bits per heavy atom. The summed E-state index contributed by atoms with van der Waals surface area (Å²) in [5.41, 5.74) is -0.102. The number of piperidine rings is 1. The van der Waals surface area contributed by atoms with E-state index in [-0.39, 0.29) is 38.2 Å². The smallest absolute Gasteiger partial charge is 0.277 e. The molecule has 2 aromatic rings. The predicted octanol–water partition coefficient (Wildman–Crippen LogP) is 0.741. The average molecular weight is 307 g/mol. The fraction of sp³-hybridized carbons (Fsp3) is 0.467. The minimum atomic E-state index is -1.15. The van der Waals surface area contributed by atoms with E-state index < -0.39 is 17.5 Å². The number of carbonyl (C=O) groups excluding carboxylic acids is 1. The molecular weight excluding hydrogens is 289 g/mol. The van der Waals surface area contributed by atoms with Gasteiger partial charge in [-0.2, -0.15) is 4.39 Å². The minimum Gasteiger partial charge on any atom is -0.393 e. The van der Waals surface area contributed by atoms with Gasteiger partial charge >= 0.3 is 0 Å². The lowest BCUT2D eigenvalue weighted by Gasteiger charge is -2.36. The third-order valence-electron chi connectivity index (χ3n) is 4.19. The monoisotopic (exact) mass is 307 g/mol. The van der Waals surface area contributed by atoms with Gasteiger partial charge in [-0.25, -0.2) is 4.98 Å². The molecule has 2 N–H and O–H groups in total. The number of aryl methyl sites for hydroxylation is 1. The van der Waals surface area contributed by atoms with Gasteiger partial charge in [0.15, 0.2) is 5.69 Å². The molecule has 0 radical (unpaired) electrons. The van der Waals surface area contributed by atoms with Gasteiger partial charge in [-0.05, 0) is 31.4 Å². The average Bonchev–Trinajstić information content (AvgIpc) is 2.84. The maximum atomic E-state index is 14.4. The van der Waals surface area contributed by atoms with Crippen molar-refractivity contribution in [1.29, 1.82) is 0 Å². The molecule has 1 aliphatic heterocycles. The molecule has 118 valence electrons. The van der Waals surface area contributed by atoms with E-state index in [9.17, 15) is 14.3 Å². The summed E-state index contributed by atoms with van der Waals surface area (Å²) in [5.74, 6) is -1.16. The van der Waals surface area contributed by atoms with Crippen LogP contribution < -0.4 is 0 Å². The van der Waals surface area contributed by atoms with E-state index in [1.807, 2.05) is 6.92 Å². The first-order valence-electron chi connectivity index (χ1n) is 7.20. The molecule has 0 bridgehead atoms. The van der Waals surface area contributed by atoms with Crippen molar-refractivity contribution in [1.82, 2.24) is 14.3 Å². The lowest BCUT2D eigenvalue weighted by Crippen LogP contribution is -2.48. The van der Waals surface area contributed by atoms with Gasteiger partial charge in [-0.3, -0.25) is 9.20 Å². The molecule has 6 nitrogen and oxygen atoms in total.